The Morgan fingerprint density at radius 2 is 1.36 bits per heavy atom. The van der Waals surface area contributed by atoms with E-state index in [2.05, 4.69) is 19.6 Å². The monoisotopic (exact) mass is 380 g/mol. The van der Waals surface area contributed by atoms with E-state index < -0.39 is 0 Å². The third kappa shape index (κ3) is 12.2. The van der Waals surface area contributed by atoms with E-state index in [-0.39, 0.29) is 51.2 Å². The van der Waals surface area contributed by atoms with E-state index in [0.29, 0.717) is 17.6 Å². The fourth-order valence-electron chi connectivity index (χ4n) is 2.69. The van der Waals surface area contributed by atoms with E-state index in [9.17, 15) is 9.59 Å². The highest BCUT2D eigenvalue weighted by molar-refractivity contribution is 7.80. The van der Waals surface area contributed by atoms with Gasteiger partial charge in [0.05, 0.1) is 52.2 Å². The zero-order valence-corrected chi connectivity index (χ0v) is 16.2. The number of esters is 2. The van der Waals surface area contributed by atoms with Gasteiger partial charge in [0.25, 0.3) is 0 Å². The van der Waals surface area contributed by atoms with Crippen LogP contribution in [0.25, 0.3) is 0 Å². The minimum absolute atomic E-state index is 0.0118. The number of unbranched alkanes of at least 4 members (excludes halogenated alkanes) is 1. The molecule has 0 aliphatic heterocycles. The number of rotatable bonds is 16. The predicted molar refractivity (Wildman–Crippen MR) is 98.4 cm³/mol. The summed E-state index contributed by atoms with van der Waals surface area (Å²) in [5.74, 6) is 0.0827. The molecule has 0 saturated heterocycles. The van der Waals surface area contributed by atoms with Gasteiger partial charge < -0.3 is 24.2 Å². The van der Waals surface area contributed by atoms with E-state index in [1.165, 1.54) is 0 Å². The average Bonchev–Trinajstić information content (AvgIpc) is 2.63. The van der Waals surface area contributed by atoms with Gasteiger partial charge in [0.1, 0.15) is 13.2 Å². The molecular weight excluding hydrogens is 346 g/mol. The van der Waals surface area contributed by atoms with Crippen molar-refractivity contribution in [1.82, 2.24) is 0 Å². The second-order valence-corrected chi connectivity index (χ2v) is 6.50. The summed E-state index contributed by atoms with van der Waals surface area (Å²) in [6.45, 7) is 4.66. The van der Waals surface area contributed by atoms with Crippen molar-refractivity contribution in [2.24, 2.45) is 0 Å². The molecule has 0 fully saturated rings. The first-order chi connectivity index (χ1) is 12.0. The van der Waals surface area contributed by atoms with E-state index in [1.54, 1.807) is 0 Å². The molecule has 7 nitrogen and oxygen atoms in total. The second-order valence-electron chi connectivity index (χ2n) is 6.05. The smallest absolute Gasteiger partial charge is 0.311 e. The number of carbonyl (C=O) groups is 2. The highest BCUT2D eigenvalue weighted by Crippen LogP contribution is 2.15. The first-order valence-corrected chi connectivity index (χ1v) is 9.65. The highest BCUT2D eigenvalue weighted by atomic mass is 32.1. The molecule has 0 rings (SSSR count). The Bertz CT molecular complexity index is 333. The van der Waals surface area contributed by atoms with Crippen LogP contribution in [0.3, 0.4) is 0 Å². The van der Waals surface area contributed by atoms with Crippen LogP contribution in [0.2, 0.25) is 0 Å². The van der Waals surface area contributed by atoms with Gasteiger partial charge in [0, 0.05) is 6.42 Å². The summed E-state index contributed by atoms with van der Waals surface area (Å²) in [6, 6.07) is 0. The van der Waals surface area contributed by atoms with Gasteiger partial charge in [-0.3, -0.25) is 9.59 Å². The van der Waals surface area contributed by atoms with Gasteiger partial charge in [-0.15, -0.1) is 0 Å². The molecule has 0 aliphatic rings. The van der Waals surface area contributed by atoms with E-state index >= 15 is 0 Å². The maximum atomic E-state index is 11.8. The predicted octanol–water partition coefficient (Wildman–Crippen LogP) is 0.774. The molecule has 0 aromatic heterocycles. The summed E-state index contributed by atoms with van der Waals surface area (Å²) in [7, 11) is 0. The molecule has 0 heterocycles. The third-order valence-corrected chi connectivity index (χ3v) is 4.38. The number of aliphatic hydroxyl groups is 2. The topological polar surface area (TPSA) is 93.1 Å². The highest BCUT2D eigenvalue weighted by Gasteiger charge is 2.28. The van der Waals surface area contributed by atoms with E-state index in [1.807, 2.05) is 0 Å². The Hall–Kier alpha value is -0.830. The normalized spacial score (nSPS) is 11.4. The van der Waals surface area contributed by atoms with Crippen molar-refractivity contribution in [2.75, 3.05) is 58.4 Å². The lowest BCUT2D eigenvalue weighted by molar-refractivity contribution is -0.927. The maximum Gasteiger partial charge on any atom is 0.311 e. The molecular formula is C17H34NO6S+. The van der Waals surface area contributed by atoms with Gasteiger partial charge in [0.15, 0.2) is 0 Å². The van der Waals surface area contributed by atoms with Crippen molar-refractivity contribution < 1.29 is 33.8 Å². The molecule has 0 spiro atoms. The van der Waals surface area contributed by atoms with E-state index in [0.717, 1.165) is 38.1 Å². The molecule has 0 amide bonds. The van der Waals surface area contributed by atoms with Crippen molar-refractivity contribution in [2.45, 2.75) is 39.0 Å². The standard InChI is InChI=1S/C17H33NO6S/c1-2-3-7-18(8-4-15-25,9-5-16(21)23-13-11-19)10-6-17(22)24-14-12-20/h19-20H,2-15H2,1H3/p+1. The Morgan fingerprint density at radius 1 is 0.880 bits per heavy atom. The van der Waals surface area contributed by atoms with Crippen LogP contribution in [0.1, 0.15) is 39.0 Å². The molecule has 8 heteroatoms. The number of aliphatic hydroxyl groups excluding tert-OH is 2. The Morgan fingerprint density at radius 3 is 1.76 bits per heavy atom. The molecule has 0 radical (unpaired) electrons. The van der Waals surface area contributed by atoms with Crippen LogP contribution >= 0.6 is 12.6 Å². The fraction of sp³-hybridized carbons (Fsp3) is 0.882. The summed E-state index contributed by atoms with van der Waals surface area (Å²) >= 11 is 4.28. The zero-order chi connectivity index (χ0) is 19.0. The summed E-state index contributed by atoms with van der Waals surface area (Å²) in [4.78, 5) is 23.6. The molecule has 25 heavy (non-hydrogen) atoms. The SMILES string of the molecule is CCCC[N+](CCCS)(CCC(=O)OCCO)CCC(=O)OCCO. The van der Waals surface area contributed by atoms with Crippen LogP contribution in [-0.2, 0) is 19.1 Å². The molecule has 0 saturated carbocycles. The largest absolute Gasteiger partial charge is 0.463 e. The molecule has 0 aliphatic carbocycles. The lowest BCUT2D eigenvalue weighted by Crippen LogP contribution is -2.52. The van der Waals surface area contributed by atoms with Crippen molar-refractivity contribution in [3.8, 4) is 0 Å². The lowest BCUT2D eigenvalue weighted by Gasteiger charge is -2.38. The van der Waals surface area contributed by atoms with Crippen molar-refractivity contribution >= 4 is 24.6 Å². The second kappa shape index (κ2) is 15.4. The van der Waals surface area contributed by atoms with Crippen molar-refractivity contribution in [3.05, 3.63) is 0 Å². The van der Waals surface area contributed by atoms with Gasteiger partial charge >= 0.3 is 11.9 Å². The minimum Gasteiger partial charge on any atom is -0.463 e. The quantitative estimate of drug-likeness (QED) is 0.208. The number of hydrogen-bond acceptors (Lipinski definition) is 7. The van der Waals surface area contributed by atoms with Gasteiger partial charge in [-0.2, -0.15) is 12.6 Å². The summed E-state index contributed by atoms with van der Waals surface area (Å²) in [5.41, 5.74) is 0. The molecule has 0 bridgehead atoms. The van der Waals surface area contributed by atoms with Gasteiger partial charge in [0.2, 0.25) is 0 Å². The minimum atomic E-state index is -0.332. The Balaban J connectivity index is 4.81. The number of thiol groups is 1. The molecule has 0 aromatic rings. The van der Waals surface area contributed by atoms with Crippen molar-refractivity contribution in [3.63, 3.8) is 0 Å². The van der Waals surface area contributed by atoms with Crippen LogP contribution < -0.4 is 0 Å². The Labute approximate surface area is 156 Å². The van der Waals surface area contributed by atoms with Crippen LogP contribution in [0.5, 0.6) is 0 Å². The third-order valence-electron chi connectivity index (χ3n) is 4.07. The van der Waals surface area contributed by atoms with Crippen LogP contribution in [-0.4, -0.2) is 85.0 Å². The Kier molecular flexibility index (Phi) is 14.9. The summed E-state index contributed by atoms with van der Waals surface area (Å²) in [5, 5.41) is 17.5. The molecule has 0 unspecified atom stereocenters. The molecule has 148 valence electrons. The van der Waals surface area contributed by atoms with Crippen LogP contribution in [0.4, 0.5) is 0 Å². The number of carbonyl (C=O) groups excluding carboxylic acids is 2. The fourth-order valence-corrected chi connectivity index (χ4v) is 2.83. The number of quaternary nitrogens is 1. The molecule has 0 aromatic carbocycles. The van der Waals surface area contributed by atoms with E-state index in [4.69, 9.17) is 19.7 Å². The lowest BCUT2D eigenvalue weighted by atomic mass is 10.1. The molecule has 0 atom stereocenters. The number of ether oxygens (including phenoxy) is 2. The molecule has 2 N–H and O–H groups in total. The number of hydrogen-bond donors (Lipinski definition) is 3. The van der Waals surface area contributed by atoms with Gasteiger partial charge in [-0.05, 0) is 12.2 Å². The van der Waals surface area contributed by atoms with Gasteiger partial charge in [-0.1, -0.05) is 13.3 Å². The van der Waals surface area contributed by atoms with Gasteiger partial charge in [-0.25, -0.2) is 0 Å². The summed E-state index contributed by atoms with van der Waals surface area (Å²) in [6.07, 6.45) is 3.43. The van der Waals surface area contributed by atoms with Crippen LogP contribution in [0.15, 0.2) is 0 Å². The first-order valence-electron chi connectivity index (χ1n) is 9.02. The maximum absolute atomic E-state index is 11.8. The summed E-state index contributed by atoms with van der Waals surface area (Å²) < 4.78 is 10.5. The average molecular weight is 381 g/mol. The van der Waals surface area contributed by atoms with Crippen molar-refractivity contribution in [1.29, 1.82) is 0 Å². The van der Waals surface area contributed by atoms with Crippen LogP contribution in [0, 0.1) is 0 Å². The zero-order valence-electron chi connectivity index (χ0n) is 15.3. The first kappa shape index (κ1) is 24.2. The number of nitrogens with zero attached hydrogens (tertiary/aromatic N) is 1.